The molecule has 152 valence electrons. The molecule has 1 amide bonds. The first-order chi connectivity index (χ1) is 13.8. The number of carbonyl (C=O) groups is 1. The molecular formula is C18H18N4O6S. The highest BCUT2D eigenvalue weighted by molar-refractivity contribution is 7.89. The predicted molar refractivity (Wildman–Crippen MR) is 102 cm³/mol. The Hall–Kier alpha value is -3.18. The lowest BCUT2D eigenvalue weighted by atomic mass is 10.2. The van der Waals surface area contributed by atoms with Crippen LogP contribution in [0.4, 0.5) is 5.69 Å². The fraction of sp³-hybridized carbons (Fsp3) is 0.278. The Morgan fingerprint density at radius 1 is 1.24 bits per heavy atom. The van der Waals surface area contributed by atoms with Gasteiger partial charge in [-0.15, -0.1) is 0 Å². The second-order valence-electron chi connectivity index (χ2n) is 6.62. The highest BCUT2D eigenvalue weighted by Gasteiger charge is 2.31. The van der Waals surface area contributed by atoms with Gasteiger partial charge in [-0.2, -0.15) is 4.31 Å². The number of furan rings is 1. The zero-order valence-corrected chi connectivity index (χ0v) is 16.3. The number of hydrogen-bond acceptors (Lipinski definition) is 7. The summed E-state index contributed by atoms with van der Waals surface area (Å²) in [6.45, 7) is 2.44. The quantitative estimate of drug-likeness (QED) is 0.646. The summed E-state index contributed by atoms with van der Waals surface area (Å²) in [6.07, 6.45) is 1.63. The normalized spacial score (nSPS) is 14.9. The van der Waals surface area contributed by atoms with E-state index in [1.54, 1.807) is 24.3 Å². The van der Waals surface area contributed by atoms with Crippen LogP contribution < -0.4 is 11.1 Å². The number of rotatable bonds is 5. The number of nitrogens with zero attached hydrogens (tertiary/aromatic N) is 2. The molecule has 11 heteroatoms. The molecule has 0 radical (unpaired) electrons. The van der Waals surface area contributed by atoms with Crippen LogP contribution in [0.1, 0.15) is 29.2 Å². The molecule has 1 saturated heterocycles. The Morgan fingerprint density at radius 2 is 2.00 bits per heavy atom. The molecule has 29 heavy (non-hydrogen) atoms. The Bertz CT molecular complexity index is 1220. The third-order valence-corrected chi connectivity index (χ3v) is 6.62. The maximum absolute atomic E-state index is 12.7. The Kier molecular flexibility index (Phi) is 4.84. The second-order valence-corrected chi connectivity index (χ2v) is 8.53. The average molecular weight is 418 g/mol. The fourth-order valence-corrected chi connectivity index (χ4v) is 4.87. The van der Waals surface area contributed by atoms with Crippen LogP contribution in [-0.2, 0) is 10.0 Å². The van der Waals surface area contributed by atoms with Crippen LogP contribution >= 0.6 is 0 Å². The minimum absolute atomic E-state index is 0.00141. The SMILES string of the molecule is Cc1oc(C(=O)Nc2cccc(-c3noc(=O)[nH]3)c2)cc1S(=O)(=O)N1CCCC1. The van der Waals surface area contributed by atoms with Crippen molar-refractivity contribution in [1.82, 2.24) is 14.4 Å². The smallest absolute Gasteiger partial charge is 0.439 e. The molecule has 1 aromatic carbocycles. The third-order valence-electron chi connectivity index (χ3n) is 4.61. The fourth-order valence-electron chi connectivity index (χ4n) is 3.19. The van der Waals surface area contributed by atoms with Crippen LogP contribution in [0.5, 0.6) is 0 Å². The van der Waals surface area contributed by atoms with Crippen molar-refractivity contribution in [3.63, 3.8) is 0 Å². The molecule has 0 aliphatic carbocycles. The summed E-state index contributed by atoms with van der Waals surface area (Å²) in [6, 6.07) is 7.81. The summed E-state index contributed by atoms with van der Waals surface area (Å²) in [5.41, 5.74) is 0.941. The molecule has 4 rings (SSSR count). The number of nitrogens with one attached hydrogen (secondary N) is 2. The van der Waals surface area contributed by atoms with Crippen LogP contribution in [0.25, 0.3) is 11.4 Å². The number of amides is 1. The first-order valence-electron chi connectivity index (χ1n) is 8.93. The van der Waals surface area contributed by atoms with Crippen LogP contribution in [0.15, 0.2) is 49.0 Å². The molecule has 0 saturated carbocycles. The van der Waals surface area contributed by atoms with E-state index in [2.05, 4.69) is 20.0 Å². The first kappa shape index (κ1) is 19.2. The molecule has 3 aromatic rings. The Labute approximate surface area is 165 Å². The van der Waals surface area contributed by atoms with Gasteiger partial charge in [0, 0.05) is 30.4 Å². The van der Waals surface area contributed by atoms with Crippen molar-refractivity contribution in [3.8, 4) is 11.4 Å². The van der Waals surface area contributed by atoms with E-state index in [1.165, 1.54) is 17.3 Å². The maximum atomic E-state index is 12.7. The number of sulfonamides is 1. The number of benzene rings is 1. The lowest BCUT2D eigenvalue weighted by Crippen LogP contribution is -2.28. The largest absolute Gasteiger partial charge is 0.455 e. The van der Waals surface area contributed by atoms with Gasteiger partial charge >= 0.3 is 5.76 Å². The van der Waals surface area contributed by atoms with Crippen LogP contribution in [0, 0.1) is 6.92 Å². The van der Waals surface area contributed by atoms with Crippen LogP contribution in [0.3, 0.4) is 0 Å². The second kappa shape index (κ2) is 7.33. The number of hydrogen-bond donors (Lipinski definition) is 2. The maximum Gasteiger partial charge on any atom is 0.439 e. The number of aryl methyl sites for hydroxylation is 1. The predicted octanol–water partition coefficient (Wildman–Crippen LogP) is 1.97. The number of aromatic nitrogens is 2. The minimum atomic E-state index is -3.69. The third kappa shape index (κ3) is 3.74. The number of H-pyrrole nitrogens is 1. The van der Waals surface area contributed by atoms with Crippen molar-refractivity contribution in [3.05, 3.63) is 52.4 Å². The number of anilines is 1. The lowest BCUT2D eigenvalue weighted by Gasteiger charge is -2.14. The van der Waals surface area contributed by atoms with E-state index in [9.17, 15) is 18.0 Å². The van der Waals surface area contributed by atoms with E-state index in [0.717, 1.165) is 12.8 Å². The van der Waals surface area contributed by atoms with Gasteiger partial charge in [0.1, 0.15) is 10.7 Å². The van der Waals surface area contributed by atoms with Gasteiger partial charge in [-0.25, -0.2) is 13.2 Å². The number of carbonyl (C=O) groups excluding carboxylic acids is 1. The average Bonchev–Trinajstić information content (AvgIpc) is 3.42. The van der Waals surface area contributed by atoms with Crippen molar-refractivity contribution in [2.24, 2.45) is 0 Å². The van der Waals surface area contributed by atoms with Crippen molar-refractivity contribution >= 4 is 21.6 Å². The van der Waals surface area contributed by atoms with Crippen molar-refractivity contribution in [1.29, 1.82) is 0 Å². The van der Waals surface area contributed by atoms with E-state index in [1.807, 2.05) is 0 Å². The summed E-state index contributed by atoms with van der Waals surface area (Å²) < 4.78 is 36.8. The molecule has 3 heterocycles. The van der Waals surface area contributed by atoms with E-state index < -0.39 is 21.7 Å². The topological polar surface area (TPSA) is 139 Å². The molecule has 2 N–H and O–H groups in total. The lowest BCUT2D eigenvalue weighted by molar-refractivity contribution is 0.0995. The molecule has 1 aliphatic rings. The highest BCUT2D eigenvalue weighted by atomic mass is 32.2. The van der Waals surface area contributed by atoms with Crippen LogP contribution in [-0.4, -0.2) is 41.9 Å². The molecule has 0 spiro atoms. The summed E-state index contributed by atoms with van der Waals surface area (Å²) >= 11 is 0. The van der Waals surface area contributed by atoms with Crippen LogP contribution in [0.2, 0.25) is 0 Å². The van der Waals surface area contributed by atoms with E-state index in [4.69, 9.17) is 4.42 Å². The van der Waals surface area contributed by atoms with E-state index in [-0.39, 0.29) is 22.2 Å². The van der Waals surface area contributed by atoms with Gasteiger partial charge in [0.2, 0.25) is 10.0 Å². The monoisotopic (exact) mass is 418 g/mol. The van der Waals surface area contributed by atoms with Gasteiger partial charge in [-0.3, -0.25) is 14.3 Å². The van der Waals surface area contributed by atoms with Crippen molar-refractivity contribution < 1.29 is 22.2 Å². The summed E-state index contributed by atoms with van der Waals surface area (Å²) in [7, 11) is -3.69. The van der Waals surface area contributed by atoms with Crippen molar-refractivity contribution in [2.75, 3.05) is 18.4 Å². The van der Waals surface area contributed by atoms with Gasteiger partial charge in [0.15, 0.2) is 11.6 Å². The summed E-state index contributed by atoms with van der Waals surface area (Å²) in [5, 5.41) is 6.24. The summed E-state index contributed by atoms with van der Waals surface area (Å²) in [5.74, 6) is -1.01. The molecule has 1 fully saturated rings. The van der Waals surface area contributed by atoms with Gasteiger partial charge in [-0.1, -0.05) is 17.3 Å². The Balaban J connectivity index is 1.56. The molecule has 1 aliphatic heterocycles. The minimum Gasteiger partial charge on any atom is -0.455 e. The Morgan fingerprint density at radius 3 is 2.69 bits per heavy atom. The van der Waals surface area contributed by atoms with E-state index in [0.29, 0.717) is 24.3 Å². The molecule has 0 unspecified atom stereocenters. The standard InChI is InChI=1S/C18H18N4O6S/c1-11-15(29(25,26)22-7-2-3-8-22)10-14(27-11)17(23)19-13-6-4-5-12(9-13)16-20-18(24)28-21-16/h4-6,9-10H,2-3,7-8H2,1H3,(H,19,23)(H,20,21,24). The van der Waals surface area contributed by atoms with Gasteiger partial charge in [-0.05, 0) is 31.9 Å². The first-order valence-corrected chi connectivity index (χ1v) is 10.4. The molecular weight excluding hydrogens is 400 g/mol. The zero-order valence-electron chi connectivity index (χ0n) is 15.5. The summed E-state index contributed by atoms with van der Waals surface area (Å²) in [4.78, 5) is 26.1. The zero-order chi connectivity index (χ0) is 20.6. The van der Waals surface area contributed by atoms with Crippen molar-refractivity contribution in [2.45, 2.75) is 24.7 Å². The molecule has 0 bridgehead atoms. The molecule has 0 atom stereocenters. The van der Waals surface area contributed by atoms with Gasteiger partial charge in [0.05, 0.1) is 0 Å². The highest BCUT2D eigenvalue weighted by Crippen LogP contribution is 2.27. The van der Waals surface area contributed by atoms with Gasteiger partial charge < -0.3 is 9.73 Å². The number of aromatic amines is 1. The van der Waals surface area contributed by atoms with E-state index >= 15 is 0 Å². The van der Waals surface area contributed by atoms with Gasteiger partial charge in [0.25, 0.3) is 5.91 Å². The molecule has 2 aromatic heterocycles. The molecule has 10 nitrogen and oxygen atoms in total.